The fourth-order valence-electron chi connectivity index (χ4n) is 2.87. The minimum absolute atomic E-state index is 0.0702. The van der Waals surface area contributed by atoms with Crippen LogP contribution in [0.15, 0.2) is 18.2 Å². The lowest BCUT2D eigenvalue weighted by atomic mass is 9.99. The van der Waals surface area contributed by atoms with Crippen molar-refractivity contribution in [3.8, 4) is 0 Å². The van der Waals surface area contributed by atoms with Gasteiger partial charge in [-0.25, -0.2) is 0 Å². The first kappa shape index (κ1) is 17.0. The molecular formula is C16H24Cl2N2O. The lowest BCUT2D eigenvalue weighted by molar-refractivity contribution is -0.0468. The molecule has 1 N–H and O–H groups in total. The molecule has 2 rings (SSSR count). The van der Waals surface area contributed by atoms with E-state index in [4.69, 9.17) is 27.9 Å². The van der Waals surface area contributed by atoms with Crippen molar-refractivity contribution >= 4 is 23.2 Å². The van der Waals surface area contributed by atoms with Crippen LogP contribution in [-0.4, -0.2) is 43.8 Å². The van der Waals surface area contributed by atoms with Gasteiger partial charge in [0.25, 0.3) is 0 Å². The van der Waals surface area contributed by atoms with E-state index in [-0.39, 0.29) is 12.1 Å². The number of hydrogen-bond acceptors (Lipinski definition) is 3. The van der Waals surface area contributed by atoms with E-state index >= 15 is 0 Å². The van der Waals surface area contributed by atoms with Gasteiger partial charge in [-0.3, -0.25) is 4.90 Å². The number of rotatable bonds is 6. The van der Waals surface area contributed by atoms with Gasteiger partial charge in [0.05, 0.1) is 18.8 Å². The Kier molecular flexibility index (Phi) is 6.77. The topological polar surface area (TPSA) is 24.5 Å². The first-order valence-electron chi connectivity index (χ1n) is 7.68. The summed E-state index contributed by atoms with van der Waals surface area (Å²) in [5.74, 6) is 0. The molecule has 1 aliphatic heterocycles. The summed E-state index contributed by atoms with van der Waals surface area (Å²) in [6.45, 7) is 8.98. The predicted molar refractivity (Wildman–Crippen MR) is 89.4 cm³/mol. The Hall–Kier alpha value is -0.320. The average Bonchev–Trinajstić information content (AvgIpc) is 2.48. The molecule has 0 aromatic heterocycles. The maximum atomic E-state index is 6.38. The van der Waals surface area contributed by atoms with Gasteiger partial charge in [-0.15, -0.1) is 0 Å². The Balaban J connectivity index is 2.19. The first-order valence-corrected chi connectivity index (χ1v) is 8.43. The third kappa shape index (κ3) is 4.57. The molecule has 2 atom stereocenters. The minimum atomic E-state index is 0.0702. The number of nitrogens with one attached hydrogen (secondary N) is 1. The van der Waals surface area contributed by atoms with Crippen molar-refractivity contribution in [3.05, 3.63) is 33.8 Å². The molecule has 21 heavy (non-hydrogen) atoms. The fraction of sp³-hybridized carbons (Fsp3) is 0.625. The van der Waals surface area contributed by atoms with Crippen molar-refractivity contribution < 1.29 is 4.74 Å². The average molecular weight is 331 g/mol. The predicted octanol–water partition coefficient (Wildman–Crippen LogP) is 3.75. The molecule has 0 bridgehead atoms. The Morgan fingerprint density at radius 2 is 2.19 bits per heavy atom. The highest BCUT2D eigenvalue weighted by Crippen LogP contribution is 2.30. The highest BCUT2D eigenvalue weighted by atomic mass is 35.5. The van der Waals surface area contributed by atoms with Crippen molar-refractivity contribution in [3.63, 3.8) is 0 Å². The largest absolute Gasteiger partial charge is 0.374 e. The van der Waals surface area contributed by atoms with E-state index in [0.717, 1.165) is 49.8 Å². The van der Waals surface area contributed by atoms with Crippen LogP contribution >= 0.6 is 23.2 Å². The van der Waals surface area contributed by atoms with Crippen molar-refractivity contribution in [2.45, 2.75) is 32.4 Å². The molecule has 1 aliphatic rings. The summed E-state index contributed by atoms with van der Waals surface area (Å²) in [6, 6.07) is 5.69. The van der Waals surface area contributed by atoms with Gasteiger partial charge < -0.3 is 10.1 Å². The quantitative estimate of drug-likeness (QED) is 0.859. The van der Waals surface area contributed by atoms with Gasteiger partial charge >= 0.3 is 0 Å². The maximum absolute atomic E-state index is 6.38. The monoisotopic (exact) mass is 330 g/mol. The van der Waals surface area contributed by atoms with Crippen LogP contribution in [0.4, 0.5) is 0 Å². The summed E-state index contributed by atoms with van der Waals surface area (Å²) < 4.78 is 6.01. The van der Waals surface area contributed by atoms with Crippen LogP contribution in [0.5, 0.6) is 0 Å². The third-order valence-electron chi connectivity index (χ3n) is 3.81. The zero-order chi connectivity index (χ0) is 15.2. The number of ether oxygens (including phenoxy) is 1. The summed E-state index contributed by atoms with van der Waals surface area (Å²) in [6.07, 6.45) is 1.26. The molecule has 1 aromatic rings. The van der Waals surface area contributed by atoms with E-state index < -0.39 is 0 Å². The molecule has 118 valence electrons. The molecule has 3 nitrogen and oxygen atoms in total. The summed E-state index contributed by atoms with van der Waals surface area (Å²) in [5.41, 5.74) is 1.02. The number of benzene rings is 1. The van der Waals surface area contributed by atoms with Crippen LogP contribution in [0, 0.1) is 0 Å². The van der Waals surface area contributed by atoms with Crippen LogP contribution in [-0.2, 0) is 4.74 Å². The smallest absolute Gasteiger partial charge is 0.0897 e. The highest BCUT2D eigenvalue weighted by molar-refractivity contribution is 6.33. The van der Waals surface area contributed by atoms with E-state index in [1.807, 2.05) is 18.2 Å². The fourth-order valence-corrected chi connectivity index (χ4v) is 3.28. The number of morpholine rings is 1. The van der Waals surface area contributed by atoms with Crippen LogP contribution in [0.3, 0.4) is 0 Å². The maximum Gasteiger partial charge on any atom is 0.0897 e. The molecule has 1 heterocycles. The Morgan fingerprint density at radius 3 is 2.90 bits per heavy atom. The third-order valence-corrected chi connectivity index (χ3v) is 4.39. The molecular weight excluding hydrogens is 307 g/mol. The molecule has 0 aliphatic carbocycles. The van der Waals surface area contributed by atoms with E-state index in [9.17, 15) is 0 Å². The van der Waals surface area contributed by atoms with E-state index in [1.165, 1.54) is 0 Å². The van der Waals surface area contributed by atoms with E-state index in [2.05, 4.69) is 24.1 Å². The van der Waals surface area contributed by atoms with Crippen LogP contribution in [0.1, 0.15) is 31.9 Å². The number of hydrogen-bond donors (Lipinski definition) is 1. The molecule has 0 radical (unpaired) electrons. The van der Waals surface area contributed by atoms with Crippen molar-refractivity contribution in [1.29, 1.82) is 0 Å². The van der Waals surface area contributed by atoms with Crippen molar-refractivity contribution in [1.82, 2.24) is 10.2 Å². The summed E-state index contributed by atoms with van der Waals surface area (Å²) in [4.78, 5) is 2.46. The number of likely N-dealkylation sites (N-methyl/N-ethyl adjacent to an activating group) is 1. The van der Waals surface area contributed by atoms with Crippen molar-refractivity contribution in [2.75, 3.05) is 32.8 Å². The molecule has 1 aromatic carbocycles. The number of halogens is 2. The SMILES string of the molecule is CCCN1CCOC(C(NCC)c2cc(Cl)ccc2Cl)C1. The summed E-state index contributed by atoms with van der Waals surface area (Å²) in [7, 11) is 0. The molecule has 1 fully saturated rings. The molecule has 2 unspecified atom stereocenters. The second-order valence-electron chi connectivity index (χ2n) is 5.41. The number of nitrogens with zero attached hydrogens (tertiary/aromatic N) is 1. The highest BCUT2D eigenvalue weighted by Gasteiger charge is 2.29. The van der Waals surface area contributed by atoms with Crippen molar-refractivity contribution in [2.24, 2.45) is 0 Å². The normalized spacial score (nSPS) is 21.4. The summed E-state index contributed by atoms with van der Waals surface area (Å²) in [5, 5.41) is 4.95. The minimum Gasteiger partial charge on any atom is -0.374 e. The lowest BCUT2D eigenvalue weighted by Gasteiger charge is -2.37. The van der Waals surface area contributed by atoms with Gasteiger partial charge in [0, 0.05) is 23.1 Å². The van der Waals surface area contributed by atoms with Gasteiger partial charge in [0.15, 0.2) is 0 Å². The lowest BCUT2D eigenvalue weighted by Crippen LogP contribution is -2.48. The summed E-state index contributed by atoms with van der Waals surface area (Å²) >= 11 is 12.5. The first-order chi connectivity index (χ1) is 10.2. The van der Waals surface area contributed by atoms with Gasteiger partial charge in [-0.2, -0.15) is 0 Å². The second-order valence-corrected chi connectivity index (χ2v) is 6.25. The Morgan fingerprint density at radius 1 is 1.38 bits per heavy atom. The van der Waals surface area contributed by atoms with Gasteiger partial charge in [-0.05, 0) is 43.3 Å². The molecule has 5 heteroatoms. The van der Waals surface area contributed by atoms with Crippen LogP contribution in [0.2, 0.25) is 10.0 Å². The van der Waals surface area contributed by atoms with E-state index in [0.29, 0.717) is 5.02 Å². The Labute approximate surface area is 137 Å². The van der Waals surface area contributed by atoms with Gasteiger partial charge in [0.1, 0.15) is 0 Å². The van der Waals surface area contributed by atoms with Gasteiger partial charge in [0.2, 0.25) is 0 Å². The van der Waals surface area contributed by atoms with Gasteiger partial charge in [-0.1, -0.05) is 37.0 Å². The van der Waals surface area contributed by atoms with Crippen LogP contribution < -0.4 is 5.32 Å². The van der Waals surface area contributed by atoms with Crippen LogP contribution in [0.25, 0.3) is 0 Å². The Bertz CT molecular complexity index is 454. The molecule has 0 spiro atoms. The molecule has 0 amide bonds. The zero-order valence-electron chi connectivity index (χ0n) is 12.7. The second kappa shape index (κ2) is 8.35. The van der Waals surface area contributed by atoms with E-state index in [1.54, 1.807) is 0 Å². The molecule has 1 saturated heterocycles. The zero-order valence-corrected chi connectivity index (χ0v) is 14.3. The molecule has 0 saturated carbocycles. The standard InChI is InChI=1S/C16H24Cl2N2O/c1-3-7-20-8-9-21-15(11-20)16(19-4-2)13-10-12(17)5-6-14(13)18/h5-6,10,15-16,19H,3-4,7-9,11H2,1-2H3.